The normalized spacial score (nSPS) is 35.2. The van der Waals surface area contributed by atoms with Gasteiger partial charge in [-0.3, -0.25) is 4.99 Å². The van der Waals surface area contributed by atoms with E-state index in [1.807, 2.05) is 18.3 Å². The van der Waals surface area contributed by atoms with Gasteiger partial charge in [-0.15, -0.1) is 0 Å². The maximum absolute atomic E-state index is 10.1. The highest BCUT2D eigenvalue weighted by molar-refractivity contribution is 5.83. The first-order valence-corrected chi connectivity index (χ1v) is 6.14. The summed E-state index contributed by atoms with van der Waals surface area (Å²) in [6.45, 7) is 0. The number of aliphatic hydroxyl groups excluding tert-OH is 1. The average molecular weight is 231 g/mol. The number of methoxy groups -OCH3 is 1. The van der Waals surface area contributed by atoms with Gasteiger partial charge in [-0.1, -0.05) is 24.3 Å². The van der Waals surface area contributed by atoms with Crippen LogP contribution in [0.1, 0.15) is 29.9 Å². The molecule has 17 heavy (non-hydrogen) atoms. The van der Waals surface area contributed by atoms with Crippen LogP contribution in [0.25, 0.3) is 0 Å². The van der Waals surface area contributed by atoms with Crippen molar-refractivity contribution in [2.24, 2.45) is 4.99 Å². The van der Waals surface area contributed by atoms with Gasteiger partial charge in [0.15, 0.2) is 0 Å². The molecule has 0 bridgehead atoms. The summed E-state index contributed by atoms with van der Waals surface area (Å²) in [7, 11) is 1.68. The maximum Gasteiger partial charge on any atom is 0.0919 e. The molecule has 3 heteroatoms. The van der Waals surface area contributed by atoms with E-state index in [2.05, 4.69) is 17.1 Å². The Labute approximate surface area is 101 Å². The summed E-state index contributed by atoms with van der Waals surface area (Å²) in [6, 6.07) is 8.53. The second kappa shape index (κ2) is 4.24. The van der Waals surface area contributed by atoms with Crippen LogP contribution in [0.15, 0.2) is 29.3 Å². The highest BCUT2D eigenvalue weighted by atomic mass is 16.5. The molecule has 1 N–H and O–H groups in total. The Morgan fingerprint density at radius 1 is 1.29 bits per heavy atom. The van der Waals surface area contributed by atoms with E-state index in [1.165, 1.54) is 5.56 Å². The summed E-state index contributed by atoms with van der Waals surface area (Å²) < 4.78 is 5.51. The van der Waals surface area contributed by atoms with Crippen LogP contribution in [0.5, 0.6) is 0 Å². The van der Waals surface area contributed by atoms with Gasteiger partial charge in [0.1, 0.15) is 0 Å². The number of fused-ring (bicyclic) bond motifs is 3. The van der Waals surface area contributed by atoms with Gasteiger partial charge >= 0.3 is 0 Å². The Bertz CT molecular complexity index is 444. The van der Waals surface area contributed by atoms with Gasteiger partial charge in [0, 0.05) is 19.2 Å². The first kappa shape index (κ1) is 10.9. The molecule has 1 fully saturated rings. The molecule has 90 valence electrons. The minimum atomic E-state index is -0.373. The Morgan fingerprint density at radius 3 is 2.94 bits per heavy atom. The molecule has 0 amide bonds. The maximum atomic E-state index is 10.1. The van der Waals surface area contributed by atoms with Gasteiger partial charge < -0.3 is 9.84 Å². The number of hydrogen-bond acceptors (Lipinski definition) is 3. The molecule has 1 aromatic rings. The molecule has 3 nitrogen and oxygen atoms in total. The van der Waals surface area contributed by atoms with Crippen LogP contribution in [-0.2, 0) is 4.74 Å². The van der Waals surface area contributed by atoms with Crippen molar-refractivity contribution in [3.05, 3.63) is 35.4 Å². The Kier molecular flexibility index (Phi) is 2.73. The highest BCUT2D eigenvalue weighted by Gasteiger charge is 2.41. The monoisotopic (exact) mass is 231 g/mol. The molecule has 3 rings (SSSR count). The molecule has 1 aliphatic heterocycles. The molecule has 0 radical (unpaired) electrons. The lowest BCUT2D eigenvalue weighted by atomic mass is 9.74. The standard InChI is InChI=1S/C14H17NO2/c1-17-14-12(16)7-6-11-13(14)10-5-3-2-4-9(10)8-15-11/h2-5,8,11-14,16H,6-7H2,1H3. The molecule has 1 aromatic carbocycles. The summed E-state index contributed by atoms with van der Waals surface area (Å²) in [6.07, 6.45) is 3.17. The van der Waals surface area contributed by atoms with Crippen LogP contribution in [0.3, 0.4) is 0 Å². The Balaban J connectivity index is 2.05. The molecule has 1 heterocycles. The van der Waals surface area contributed by atoms with Crippen molar-refractivity contribution in [1.29, 1.82) is 0 Å². The third-order valence-electron chi connectivity index (χ3n) is 3.94. The quantitative estimate of drug-likeness (QED) is 0.800. The molecule has 1 saturated carbocycles. The summed E-state index contributed by atoms with van der Waals surface area (Å²) in [5.74, 6) is 0.199. The number of aliphatic imine (C=N–C) groups is 1. The minimum Gasteiger partial charge on any atom is -0.390 e. The fraction of sp³-hybridized carbons (Fsp3) is 0.500. The zero-order chi connectivity index (χ0) is 11.8. The first-order valence-electron chi connectivity index (χ1n) is 6.14. The number of nitrogens with zero attached hydrogens (tertiary/aromatic N) is 1. The van der Waals surface area contributed by atoms with Gasteiger partial charge in [-0.2, -0.15) is 0 Å². The topological polar surface area (TPSA) is 41.8 Å². The molecule has 0 aromatic heterocycles. The SMILES string of the molecule is COC1C(O)CCC2N=Cc3ccccc3C21. The average Bonchev–Trinajstić information content (AvgIpc) is 2.38. The van der Waals surface area contributed by atoms with Crippen molar-refractivity contribution in [3.63, 3.8) is 0 Å². The Morgan fingerprint density at radius 2 is 2.12 bits per heavy atom. The van der Waals surface area contributed by atoms with Crippen molar-refractivity contribution < 1.29 is 9.84 Å². The van der Waals surface area contributed by atoms with Gasteiger partial charge in [0.2, 0.25) is 0 Å². The van der Waals surface area contributed by atoms with Gasteiger partial charge in [-0.05, 0) is 24.0 Å². The van der Waals surface area contributed by atoms with Crippen LogP contribution < -0.4 is 0 Å². The predicted octanol–water partition coefficient (Wildman–Crippen LogP) is 1.74. The van der Waals surface area contributed by atoms with Crippen molar-refractivity contribution in [2.75, 3.05) is 7.11 Å². The number of ether oxygens (including phenoxy) is 1. The fourth-order valence-electron chi connectivity index (χ4n) is 3.11. The van der Waals surface area contributed by atoms with Crippen molar-refractivity contribution in [3.8, 4) is 0 Å². The third-order valence-corrected chi connectivity index (χ3v) is 3.94. The first-order chi connectivity index (χ1) is 8.31. The van der Waals surface area contributed by atoms with E-state index in [1.54, 1.807) is 7.11 Å². The summed E-state index contributed by atoms with van der Waals surface area (Å²) in [4.78, 5) is 4.61. The van der Waals surface area contributed by atoms with E-state index in [4.69, 9.17) is 4.74 Å². The molecule has 4 atom stereocenters. The molecule has 2 aliphatic rings. The third kappa shape index (κ3) is 1.70. The minimum absolute atomic E-state index is 0.132. The van der Waals surface area contributed by atoms with Crippen LogP contribution in [0.2, 0.25) is 0 Å². The van der Waals surface area contributed by atoms with Crippen LogP contribution in [0.4, 0.5) is 0 Å². The van der Waals surface area contributed by atoms with Gasteiger partial charge in [-0.25, -0.2) is 0 Å². The molecule has 0 saturated heterocycles. The van der Waals surface area contributed by atoms with Crippen molar-refractivity contribution in [2.45, 2.75) is 37.0 Å². The summed E-state index contributed by atoms with van der Waals surface area (Å²) in [5.41, 5.74) is 2.42. The zero-order valence-corrected chi connectivity index (χ0v) is 9.91. The van der Waals surface area contributed by atoms with Crippen LogP contribution >= 0.6 is 0 Å². The van der Waals surface area contributed by atoms with E-state index >= 15 is 0 Å². The second-order valence-electron chi connectivity index (χ2n) is 4.85. The van der Waals surface area contributed by atoms with Crippen molar-refractivity contribution >= 4 is 6.21 Å². The largest absolute Gasteiger partial charge is 0.390 e. The molecule has 1 aliphatic carbocycles. The lowest BCUT2D eigenvalue weighted by Crippen LogP contribution is -2.45. The molecular weight excluding hydrogens is 214 g/mol. The number of aliphatic hydroxyl groups is 1. The van der Waals surface area contributed by atoms with Gasteiger partial charge in [0.25, 0.3) is 0 Å². The van der Waals surface area contributed by atoms with E-state index in [0.717, 1.165) is 18.4 Å². The van der Waals surface area contributed by atoms with Gasteiger partial charge in [0.05, 0.1) is 18.2 Å². The molecular formula is C14H17NO2. The molecule has 0 spiro atoms. The second-order valence-corrected chi connectivity index (χ2v) is 4.85. The van der Waals surface area contributed by atoms with E-state index in [0.29, 0.717) is 0 Å². The lowest BCUT2D eigenvalue weighted by molar-refractivity contribution is -0.0543. The van der Waals surface area contributed by atoms with Crippen LogP contribution in [0, 0.1) is 0 Å². The lowest BCUT2D eigenvalue weighted by Gasteiger charge is -2.41. The van der Waals surface area contributed by atoms with Crippen LogP contribution in [-0.4, -0.2) is 36.7 Å². The van der Waals surface area contributed by atoms with Crippen molar-refractivity contribution in [1.82, 2.24) is 0 Å². The Hall–Kier alpha value is -1.19. The number of hydrogen-bond donors (Lipinski definition) is 1. The summed E-state index contributed by atoms with van der Waals surface area (Å²) in [5, 5.41) is 10.1. The smallest absolute Gasteiger partial charge is 0.0919 e. The molecule has 4 unspecified atom stereocenters. The fourth-order valence-corrected chi connectivity index (χ4v) is 3.11. The number of rotatable bonds is 1. The van der Waals surface area contributed by atoms with E-state index in [9.17, 15) is 5.11 Å². The summed E-state index contributed by atoms with van der Waals surface area (Å²) >= 11 is 0. The highest BCUT2D eigenvalue weighted by Crippen LogP contribution is 2.40. The van der Waals surface area contributed by atoms with E-state index < -0.39 is 0 Å². The predicted molar refractivity (Wildman–Crippen MR) is 66.6 cm³/mol. The zero-order valence-electron chi connectivity index (χ0n) is 9.91. The van der Waals surface area contributed by atoms with E-state index in [-0.39, 0.29) is 24.2 Å². The number of benzene rings is 1.